The molecule has 0 aromatic heterocycles. The number of para-hydroxylation sites is 1. The van der Waals surface area contributed by atoms with E-state index in [0.29, 0.717) is 11.4 Å². The largest absolute Gasteiger partial charge is 0.482 e. The number of nitrogens with one attached hydrogen (secondary N) is 1. The Bertz CT molecular complexity index is 750. The third kappa shape index (κ3) is 6.39. The van der Waals surface area contributed by atoms with Crippen molar-refractivity contribution in [2.45, 2.75) is 13.5 Å². The number of anilines is 1. The average Bonchev–Trinajstić information content (AvgIpc) is 2.60. The van der Waals surface area contributed by atoms with Crippen LogP contribution in [0.1, 0.15) is 5.56 Å². The Hall–Kier alpha value is -3.16. The molecule has 0 aliphatic carbocycles. The first-order valence-electron chi connectivity index (χ1n) is 7.63. The van der Waals surface area contributed by atoms with Crippen molar-refractivity contribution < 1.29 is 32.6 Å². The highest BCUT2D eigenvalue weighted by Crippen LogP contribution is 2.18. The van der Waals surface area contributed by atoms with Gasteiger partial charge in [-0.15, -0.1) is 0 Å². The minimum atomic E-state index is -2.92. The lowest BCUT2D eigenvalue weighted by atomic mass is 10.2. The summed E-state index contributed by atoms with van der Waals surface area (Å²) in [7, 11) is 0. The summed E-state index contributed by atoms with van der Waals surface area (Å²) in [6.45, 7) is -1.90. The number of rotatable bonds is 8. The molecule has 0 unspecified atom stereocenters. The predicted molar refractivity (Wildman–Crippen MR) is 89.3 cm³/mol. The van der Waals surface area contributed by atoms with Crippen molar-refractivity contribution >= 4 is 17.6 Å². The van der Waals surface area contributed by atoms with Crippen molar-refractivity contribution in [1.82, 2.24) is 0 Å². The van der Waals surface area contributed by atoms with Gasteiger partial charge in [0.05, 0.1) is 0 Å². The molecule has 8 heteroatoms. The molecule has 0 radical (unpaired) electrons. The van der Waals surface area contributed by atoms with Crippen molar-refractivity contribution in [2.24, 2.45) is 0 Å². The second kappa shape index (κ2) is 9.36. The summed E-state index contributed by atoms with van der Waals surface area (Å²) in [5.41, 5.74) is 1.22. The molecule has 2 aromatic rings. The van der Waals surface area contributed by atoms with Crippen LogP contribution in [0.15, 0.2) is 48.5 Å². The number of aryl methyl sites for hydroxylation is 1. The van der Waals surface area contributed by atoms with Gasteiger partial charge in [-0.25, -0.2) is 4.79 Å². The van der Waals surface area contributed by atoms with Crippen LogP contribution in [0.5, 0.6) is 11.5 Å². The fourth-order valence-corrected chi connectivity index (χ4v) is 1.96. The lowest BCUT2D eigenvalue weighted by molar-refractivity contribution is -0.149. The Balaban J connectivity index is 1.72. The van der Waals surface area contributed by atoms with Crippen molar-refractivity contribution in [1.29, 1.82) is 0 Å². The highest BCUT2D eigenvalue weighted by Gasteiger charge is 2.10. The van der Waals surface area contributed by atoms with Gasteiger partial charge in [0, 0.05) is 5.69 Å². The van der Waals surface area contributed by atoms with E-state index in [1.807, 2.05) is 19.1 Å². The molecule has 26 heavy (non-hydrogen) atoms. The molecular formula is C18H17F2NO5. The summed E-state index contributed by atoms with van der Waals surface area (Å²) in [5.74, 6) is -0.737. The molecule has 0 saturated carbocycles. The Morgan fingerprint density at radius 3 is 2.38 bits per heavy atom. The summed E-state index contributed by atoms with van der Waals surface area (Å²) in [6, 6.07) is 12.5. The molecule has 0 heterocycles. The zero-order valence-electron chi connectivity index (χ0n) is 13.9. The van der Waals surface area contributed by atoms with E-state index in [0.717, 1.165) is 5.56 Å². The maximum Gasteiger partial charge on any atom is 0.387 e. The second-order valence-corrected chi connectivity index (χ2v) is 5.17. The summed E-state index contributed by atoms with van der Waals surface area (Å²) in [4.78, 5) is 23.3. The van der Waals surface area contributed by atoms with Gasteiger partial charge >= 0.3 is 12.6 Å². The molecule has 138 valence electrons. The van der Waals surface area contributed by atoms with Crippen molar-refractivity contribution in [2.75, 3.05) is 18.5 Å². The predicted octanol–water partition coefficient (Wildman–Crippen LogP) is 3.16. The summed E-state index contributed by atoms with van der Waals surface area (Å²) >= 11 is 0. The first kappa shape index (κ1) is 19.2. The van der Waals surface area contributed by atoms with Gasteiger partial charge in [-0.3, -0.25) is 4.79 Å². The smallest absolute Gasteiger partial charge is 0.387 e. The van der Waals surface area contributed by atoms with Crippen LogP contribution in [-0.2, 0) is 14.3 Å². The molecule has 0 saturated heterocycles. The second-order valence-electron chi connectivity index (χ2n) is 5.17. The van der Waals surface area contributed by atoms with E-state index >= 15 is 0 Å². The van der Waals surface area contributed by atoms with Crippen LogP contribution >= 0.6 is 0 Å². The van der Waals surface area contributed by atoms with Crippen LogP contribution in [-0.4, -0.2) is 31.7 Å². The fourth-order valence-electron chi connectivity index (χ4n) is 1.96. The molecule has 6 nitrogen and oxygen atoms in total. The van der Waals surface area contributed by atoms with Crippen molar-refractivity contribution in [3.8, 4) is 11.5 Å². The number of ether oxygens (including phenoxy) is 3. The molecule has 0 atom stereocenters. The Kier molecular flexibility index (Phi) is 6.90. The van der Waals surface area contributed by atoms with E-state index < -0.39 is 25.1 Å². The first-order chi connectivity index (χ1) is 12.4. The number of halogens is 2. The van der Waals surface area contributed by atoms with E-state index in [2.05, 4.69) is 10.1 Å². The summed E-state index contributed by atoms with van der Waals surface area (Å²) < 4.78 is 38.4. The third-order valence-electron chi connectivity index (χ3n) is 3.17. The van der Waals surface area contributed by atoms with Crippen molar-refractivity contribution in [3.63, 3.8) is 0 Å². The molecule has 0 spiro atoms. The topological polar surface area (TPSA) is 73.9 Å². The van der Waals surface area contributed by atoms with Crippen LogP contribution in [0.4, 0.5) is 14.5 Å². The maximum atomic E-state index is 12.0. The number of esters is 1. The summed E-state index contributed by atoms with van der Waals surface area (Å²) in [6.07, 6.45) is 0. The SMILES string of the molecule is Cc1ccccc1OCC(=O)OCC(=O)Nc1ccc(OC(F)F)cc1. The van der Waals surface area contributed by atoms with E-state index in [1.54, 1.807) is 12.1 Å². The quantitative estimate of drug-likeness (QED) is 0.728. The van der Waals surface area contributed by atoms with Gasteiger partial charge in [0.2, 0.25) is 0 Å². The molecule has 1 N–H and O–H groups in total. The third-order valence-corrected chi connectivity index (χ3v) is 3.17. The molecule has 0 fully saturated rings. The summed E-state index contributed by atoms with van der Waals surface area (Å²) in [5, 5.41) is 2.46. The highest BCUT2D eigenvalue weighted by molar-refractivity contribution is 5.92. The minimum Gasteiger partial charge on any atom is -0.482 e. The molecular weight excluding hydrogens is 348 g/mol. The Morgan fingerprint density at radius 1 is 1.04 bits per heavy atom. The number of carbonyl (C=O) groups is 2. The van der Waals surface area contributed by atoms with Crippen molar-refractivity contribution in [3.05, 3.63) is 54.1 Å². The number of carbonyl (C=O) groups excluding carboxylic acids is 2. The molecule has 0 aliphatic rings. The average molecular weight is 365 g/mol. The van der Waals surface area contributed by atoms with Gasteiger partial charge in [0.1, 0.15) is 11.5 Å². The number of hydrogen-bond donors (Lipinski definition) is 1. The van der Waals surface area contributed by atoms with Crippen LogP contribution in [0.25, 0.3) is 0 Å². The van der Waals surface area contributed by atoms with Gasteiger partial charge in [-0.05, 0) is 42.8 Å². The lowest BCUT2D eigenvalue weighted by Crippen LogP contribution is -2.23. The van der Waals surface area contributed by atoms with Crippen LogP contribution in [0.2, 0.25) is 0 Å². The van der Waals surface area contributed by atoms with Gasteiger partial charge in [-0.1, -0.05) is 18.2 Å². The van der Waals surface area contributed by atoms with E-state index in [4.69, 9.17) is 9.47 Å². The maximum absolute atomic E-state index is 12.0. The van der Waals surface area contributed by atoms with Crippen LogP contribution in [0.3, 0.4) is 0 Å². The number of benzene rings is 2. The number of hydrogen-bond acceptors (Lipinski definition) is 5. The van der Waals surface area contributed by atoms with E-state index in [9.17, 15) is 18.4 Å². The Labute approximate surface area is 148 Å². The highest BCUT2D eigenvalue weighted by atomic mass is 19.3. The zero-order valence-corrected chi connectivity index (χ0v) is 13.9. The van der Waals surface area contributed by atoms with Crippen LogP contribution in [0, 0.1) is 6.92 Å². The van der Waals surface area contributed by atoms with Gasteiger partial charge in [-0.2, -0.15) is 8.78 Å². The minimum absolute atomic E-state index is 0.0298. The normalized spacial score (nSPS) is 10.3. The monoisotopic (exact) mass is 365 g/mol. The molecule has 0 aliphatic heterocycles. The number of amides is 1. The zero-order chi connectivity index (χ0) is 18.9. The first-order valence-corrected chi connectivity index (χ1v) is 7.63. The van der Waals surface area contributed by atoms with Gasteiger partial charge in [0.15, 0.2) is 13.2 Å². The van der Waals surface area contributed by atoms with Gasteiger partial charge in [0.25, 0.3) is 5.91 Å². The molecule has 0 bridgehead atoms. The van der Waals surface area contributed by atoms with E-state index in [1.165, 1.54) is 24.3 Å². The lowest BCUT2D eigenvalue weighted by Gasteiger charge is -2.10. The number of alkyl halides is 2. The standard InChI is InChI=1S/C18H17F2NO5/c1-12-4-2-3-5-15(12)24-11-17(23)25-10-16(22)21-13-6-8-14(9-7-13)26-18(19)20/h2-9,18H,10-11H2,1H3,(H,21,22). The fraction of sp³-hybridized carbons (Fsp3) is 0.222. The molecule has 1 amide bonds. The van der Waals surface area contributed by atoms with Crippen LogP contribution < -0.4 is 14.8 Å². The van der Waals surface area contributed by atoms with Gasteiger partial charge < -0.3 is 19.5 Å². The van der Waals surface area contributed by atoms with E-state index in [-0.39, 0.29) is 12.4 Å². The molecule has 2 rings (SSSR count). The Morgan fingerprint density at radius 2 is 1.73 bits per heavy atom. The molecule has 2 aromatic carbocycles.